The molecule has 0 aliphatic rings. The Balaban J connectivity index is 1.67. The number of alkyl halides is 3. The van der Waals surface area contributed by atoms with Gasteiger partial charge in [-0.2, -0.15) is 13.2 Å². The second kappa shape index (κ2) is 6.97. The maximum Gasteiger partial charge on any atom is 0.416 e. The van der Waals surface area contributed by atoms with Gasteiger partial charge in [-0.1, -0.05) is 18.2 Å². The van der Waals surface area contributed by atoms with Crippen molar-refractivity contribution in [2.24, 2.45) is 0 Å². The van der Waals surface area contributed by atoms with E-state index in [9.17, 15) is 13.2 Å². The molecular formula is C17H17F3N3OS+. The number of quaternary nitrogens is 1. The van der Waals surface area contributed by atoms with Crippen LogP contribution in [0.5, 0.6) is 0 Å². The monoisotopic (exact) mass is 368 g/mol. The summed E-state index contributed by atoms with van der Waals surface area (Å²) in [6, 6.07) is 8.96. The molecule has 0 amide bonds. The first-order valence-electron chi connectivity index (χ1n) is 7.70. The summed E-state index contributed by atoms with van der Waals surface area (Å²) in [5.41, 5.74) is 0.176. The summed E-state index contributed by atoms with van der Waals surface area (Å²) in [7, 11) is 1.94. The Bertz CT molecular complexity index is 813. The van der Waals surface area contributed by atoms with Crippen molar-refractivity contribution in [1.82, 2.24) is 10.2 Å². The Morgan fingerprint density at radius 1 is 1.16 bits per heavy atom. The van der Waals surface area contributed by atoms with E-state index >= 15 is 0 Å². The maximum atomic E-state index is 12.6. The van der Waals surface area contributed by atoms with Crippen LogP contribution in [0.25, 0.3) is 10.8 Å². The first-order valence-corrected chi connectivity index (χ1v) is 8.58. The predicted molar refractivity (Wildman–Crippen MR) is 88.1 cm³/mol. The van der Waals surface area contributed by atoms with Crippen LogP contribution >= 0.6 is 11.3 Å². The summed E-state index contributed by atoms with van der Waals surface area (Å²) in [6.45, 7) is 2.50. The number of thiophene rings is 1. The average Bonchev–Trinajstić information content (AvgIpc) is 3.25. The lowest BCUT2D eigenvalue weighted by molar-refractivity contribution is -0.925. The zero-order valence-electron chi connectivity index (χ0n) is 13.7. The predicted octanol–water partition coefficient (Wildman–Crippen LogP) is 3.59. The fourth-order valence-corrected chi connectivity index (χ4v) is 3.05. The minimum absolute atomic E-state index is 0.0801. The van der Waals surface area contributed by atoms with Gasteiger partial charge in [0.1, 0.15) is 6.54 Å². The van der Waals surface area contributed by atoms with E-state index in [0.717, 1.165) is 27.5 Å². The molecule has 1 aromatic carbocycles. The SMILES string of the molecule is C[C@@H](c1nnc(-c2cccs2)o1)[NH+](C)Cc1ccc(C(F)(F)F)cc1. The first kappa shape index (κ1) is 17.6. The number of benzene rings is 1. The smallest absolute Gasteiger partial charge is 0.414 e. The fourth-order valence-electron chi connectivity index (χ4n) is 2.41. The summed E-state index contributed by atoms with van der Waals surface area (Å²) >= 11 is 1.52. The topological polar surface area (TPSA) is 43.4 Å². The number of nitrogens with zero attached hydrogens (tertiary/aromatic N) is 2. The summed E-state index contributed by atoms with van der Waals surface area (Å²) in [5, 5.41) is 10.1. The molecule has 3 rings (SSSR count). The van der Waals surface area contributed by atoms with E-state index in [1.54, 1.807) is 0 Å². The highest BCUT2D eigenvalue weighted by molar-refractivity contribution is 7.13. The zero-order valence-corrected chi connectivity index (χ0v) is 14.5. The normalized spacial score (nSPS) is 14.4. The summed E-state index contributed by atoms with van der Waals surface area (Å²) < 4.78 is 43.6. The van der Waals surface area contributed by atoms with Crippen LogP contribution < -0.4 is 4.90 Å². The van der Waals surface area contributed by atoms with Gasteiger partial charge in [-0.3, -0.25) is 0 Å². The maximum absolute atomic E-state index is 12.6. The fraction of sp³-hybridized carbons (Fsp3) is 0.294. The van der Waals surface area contributed by atoms with Gasteiger partial charge in [0, 0.05) is 5.56 Å². The number of rotatable bonds is 5. The molecule has 2 aromatic heterocycles. The third-order valence-electron chi connectivity index (χ3n) is 4.05. The molecule has 1 unspecified atom stereocenters. The van der Waals surface area contributed by atoms with Gasteiger partial charge in [-0.25, -0.2) is 0 Å². The van der Waals surface area contributed by atoms with E-state index in [4.69, 9.17) is 4.42 Å². The van der Waals surface area contributed by atoms with Crippen LogP contribution in [0.15, 0.2) is 46.2 Å². The number of aromatic nitrogens is 2. The van der Waals surface area contributed by atoms with Crippen LogP contribution in [-0.2, 0) is 12.7 Å². The Labute approximate surface area is 146 Å². The van der Waals surface area contributed by atoms with Gasteiger partial charge in [0.25, 0.3) is 11.8 Å². The molecule has 4 nitrogen and oxygen atoms in total. The molecule has 132 valence electrons. The van der Waals surface area contributed by atoms with Crippen LogP contribution in [0.2, 0.25) is 0 Å². The van der Waals surface area contributed by atoms with Crippen LogP contribution in [-0.4, -0.2) is 17.2 Å². The molecule has 25 heavy (non-hydrogen) atoms. The summed E-state index contributed by atoms with van der Waals surface area (Å²) in [6.07, 6.45) is -4.31. The van der Waals surface area contributed by atoms with Gasteiger partial charge >= 0.3 is 6.18 Å². The van der Waals surface area contributed by atoms with E-state index in [-0.39, 0.29) is 6.04 Å². The third-order valence-corrected chi connectivity index (χ3v) is 4.90. The van der Waals surface area contributed by atoms with E-state index in [0.29, 0.717) is 18.3 Å². The minimum atomic E-state index is -4.31. The molecular weight excluding hydrogens is 351 g/mol. The molecule has 0 saturated carbocycles. The second-order valence-corrected chi connectivity index (χ2v) is 6.81. The van der Waals surface area contributed by atoms with Crippen LogP contribution in [0.4, 0.5) is 13.2 Å². The van der Waals surface area contributed by atoms with Crippen molar-refractivity contribution in [2.45, 2.75) is 25.7 Å². The molecule has 0 aliphatic carbocycles. The lowest BCUT2D eigenvalue weighted by Gasteiger charge is -2.19. The zero-order chi connectivity index (χ0) is 18.0. The van der Waals surface area contributed by atoms with Crippen molar-refractivity contribution >= 4 is 11.3 Å². The second-order valence-electron chi connectivity index (χ2n) is 5.86. The van der Waals surface area contributed by atoms with Gasteiger partial charge in [0.05, 0.1) is 17.5 Å². The Morgan fingerprint density at radius 2 is 1.88 bits per heavy atom. The third kappa shape index (κ3) is 4.08. The number of halogens is 3. The largest absolute Gasteiger partial charge is 0.416 e. The molecule has 2 heterocycles. The Hall–Kier alpha value is -2.19. The van der Waals surface area contributed by atoms with E-state index in [1.165, 1.54) is 23.5 Å². The van der Waals surface area contributed by atoms with Crippen molar-refractivity contribution in [2.75, 3.05) is 7.05 Å². The van der Waals surface area contributed by atoms with Gasteiger partial charge < -0.3 is 9.32 Å². The Kier molecular flexibility index (Phi) is 4.91. The number of nitrogens with one attached hydrogen (secondary N) is 1. The van der Waals surface area contributed by atoms with Crippen molar-refractivity contribution in [3.8, 4) is 10.8 Å². The lowest BCUT2D eigenvalue weighted by atomic mass is 10.1. The lowest BCUT2D eigenvalue weighted by Crippen LogP contribution is -3.07. The van der Waals surface area contributed by atoms with Gasteiger partial charge in [-0.15, -0.1) is 21.5 Å². The van der Waals surface area contributed by atoms with Crippen molar-refractivity contribution in [3.63, 3.8) is 0 Å². The standard InChI is InChI=1S/C17H16F3N3OS/c1-11(15-21-22-16(24-15)14-4-3-9-25-14)23(2)10-12-5-7-13(8-6-12)17(18,19)20/h3-9,11H,10H2,1-2H3/p+1/t11-/m0/s1. The molecule has 2 atom stereocenters. The molecule has 0 radical (unpaired) electrons. The first-order chi connectivity index (χ1) is 11.8. The minimum Gasteiger partial charge on any atom is -0.414 e. The molecule has 0 bridgehead atoms. The molecule has 0 aliphatic heterocycles. The van der Waals surface area contributed by atoms with E-state index in [2.05, 4.69) is 10.2 Å². The molecule has 0 spiro atoms. The molecule has 3 aromatic rings. The highest BCUT2D eigenvalue weighted by atomic mass is 32.1. The Morgan fingerprint density at radius 3 is 2.48 bits per heavy atom. The van der Waals surface area contributed by atoms with Gasteiger partial charge in [-0.05, 0) is 30.5 Å². The summed E-state index contributed by atoms with van der Waals surface area (Å²) in [4.78, 5) is 1.95. The van der Waals surface area contributed by atoms with Crippen molar-refractivity contribution in [3.05, 3.63) is 58.8 Å². The van der Waals surface area contributed by atoms with Crippen molar-refractivity contribution in [1.29, 1.82) is 0 Å². The highest BCUT2D eigenvalue weighted by Gasteiger charge is 2.30. The quantitative estimate of drug-likeness (QED) is 0.748. The number of hydrogen-bond acceptors (Lipinski definition) is 4. The van der Waals surface area contributed by atoms with Crippen LogP contribution in [0.3, 0.4) is 0 Å². The summed E-state index contributed by atoms with van der Waals surface area (Å²) in [5.74, 6) is 0.993. The van der Waals surface area contributed by atoms with E-state index in [1.807, 2.05) is 31.5 Å². The molecule has 0 fully saturated rings. The number of hydrogen-bond donors (Lipinski definition) is 1. The van der Waals surface area contributed by atoms with Gasteiger partial charge in [0.15, 0.2) is 6.04 Å². The molecule has 0 saturated heterocycles. The molecule has 1 N–H and O–H groups in total. The average molecular weight is 368 g/mol. The van der Waals surface area contributed by atoms with E-state index < -0.39 is 11.7 Å². The van der Waals surface area contributed by atoms with Crippen molar-refractivity contribution < 1.29 is 22.5 Å². The highest BCUT2D eigenvalue weighted by Crippen LogP contribution is 2.29. The van der Waals surface area contributed by atoms with Crippen LogP contribution in [0.1, 0.15) is 30.0 Å². The van der Waals surface area contributed by atoms with Gasteiger partial charge in [0.2, 0.25) is 0 Å². The molecule has 8 heteroatoms. The van der Waals surface area contributed by atoms with Crippen LogP contribution in [0, 0.1) is 0 Å².